The molecule has 4 rings (SSSR count). The molecule has 0 saturated carbocycles. The Morgan fingerprint density at radius 3 is 2.45 bits per heavy atom. The summed E-state index contributed by atoms with van der Waals surface area (Å²) in [5.41, 5.74) is 2.55. The van der Waals surface area contributed by atoms with Crippen LogP contribution in [-0.2, 0) is 0 Å². The fourth-order valence-electron chi connectivity index (χ4n) is 2.85. The topological polar surface area (TPSA) is 85.1 Å². The van der Waals surface area contributed by atoms with Gasteiger partial charge < -0.3 is 19.9 Å². The summed E-state index contributed by atoms with van der Waals surface area (Å²) in [6, 6.07) is 21.3. The van der Waals surface area contributed by atoms with Crippen molar-refractivity contribution in [1.82, 2.24) is 15.1 Å². The Morgan fingerprint density at radius 2 is 1.69 bits per heavy atom. The van der Waals surface area contributed by atoms with Crippen LogP contribution in [0, 0.1) is 6.92 Å². The first-order chi connectivity index (χ1) is 14.2. The minimum absolute atomic E-state index is 0.446. The number of rotatable bonds is 7. The molecule has 146 valence electrons. The van der Waals surface area contributed by atoms with Gasteiger partial charge in [0.2, 0.25) is 5.95 Å². The molecule has 7 heteroatoms. The van der Waals surface area contributed by atoms with Crippen molar-refractivity contribution < 1.29 is 9.26 Å². The Kier molecular flexibility index (Phi) is 5.38. The van der Waals surface area contributed by atoms with Gasteiger partial charge in [0, 0.05) is 17.7 Å². The molecule has 2 aromatic heterocycles. The average molecular weight is 387 g/mol. The van der Waals surface area contributed by atoms with Gasteiger partial charge in [0.1, 0.15) is 17.3 Å². The van der Waals surface area contributed by atoms with Gasteiger partial charge in [-0.2, -0.15) is 4.98 Å². The van der Waals surface area contributed by atoms with E-state index in [9.17, 15) is 0 Å². The Labute approximate surface area is 168 Å². The van der Waals surface area contributed by atoms with E-state index < -0.39 is 0 Å². The van der Waals surface area contributed by atoms with Crippen LogP contribution in [0.4, 0.5) is 23.3 Å². The fourth-order valence-corrected chi connectivity index (χ4v) is 2.85. The van der Waals surface area contributed by atoms with Gasteiger partial charge in [-0.05, 0) is 26.0 Å². The Morgan fingerprint density at radius 1 is 0.897 bits per heavy atom. The summed E-state index contributed by atoms with van der Waals surface area (Å²) >= 11 is 0. The molecule has 0 bridgehead atoms. The van der Waals surface area contributed by atoms with Crippen molar-refractivity contribution in [1.29, 1.82) is 0 Å². The molecule has 4 aromatic rings. The summed E-state index contributed by atoms with van der Waals surface area (Å²) in [5.74, 6) is 3.09. The zero-order chi connectivity index (χ0) is 20.1. The molecule has 2 heterocycles. The number of nitrogens with zero attached hydrogens (tertiary/aromatic N) is 3. The van der Waals surface area contributed by atoms with E-state index in [0.717, 1.165) is 22.7 Å². The van der Waals surface area contributed by atoms with Gasteiger partial charge in [-0.15, -0.1) is 0 Å². The van der Waals surface area contributed by atoms with Crippen LogP contribution in [0.3, 0.4) is 0 Å². The lowest BCUT2D eigenvalue weighted by Gasteiger charge is -2.13. The number of aryl methyl sites for hydroxylation is 1. The van der Waals surface area contributed by atoms with E-state index in [0.29, 0.717) is 30.0 Å². The molecule has 0 aliphatic heterocycles. The highest BCUT2D eigenvalue weighted by molar-refractivity contribution is 5.69. The maximum Gasteiger partial charge on any atom is 0.229 e. The second-order valence-electron chi connectivity index (χ2n) is 6.33. The molecular weight excluding hydrogens is 366 g/mol. The van der Waals surface area contributed by atoms with Crippen LogP contribution in [-0.4, -0.2) is 21.7 Å². The first-order valence-electron chi connectivity index (χ1n) is 9.35. The predicted octanol–water partition coefficient (Wildman–Crippen LogP) is 5.33. The molecule has 0 atom stereocenters. The van der Waals surface area contributed by atoms with Crippen LogP contribution in [0.25, 0.3) is 11.3 Å². The van der Waals surface area contributed by atoms with E-state index in [4.69, 9.17) is 9.26 Å². The standard InChI is InChI=1S/C22H21N5O2/c1-3-28-19-12-8-7-11-17(19)23-22-24-18(16-9-5-4-6-10-16)14-20(26-22)25-21-13-15(2)29-27-21/h4-14H,3H2,1-2H3,(H2,23,24,25,26,27). The second-order valence-corrected chi connectivity index (χ2v) is 6.33. The summed E-state index contributed by atoms with van der Waals surface area (Å²) in [4.78, 5) is 9.27. The number of aromatic nitrogens is 3. The van der Waals surface area contributed by atoms with E-state index >= 15 is 0 Å². The third kappa shape index (κ3) is 4.52. The molecular formula is C22H21N5O2. The Balaban J connectivity index is 1.71. The molecule has 0 amide bonds. The lowest BCUT2D eigenvalue weighted by atomic mass is 10.1. The number of benzene rings is 2. The van der Waals surface area contributed by atoms with Crippen molar-refractivity contribution in [2.24, 2.45) is 0 Å². The second kappa shape index (κ2) is 8.43. The first-order valence-corrected chi connectivity index (χ1v) is 9.35. The normalized spacial score (nSPS) is 10.6. The van der Waals surface area contributed by atoms with Crippen molar-refractivity contribution in [3.8, 4) is 17.0 Å². The van der Waals surface area contributed by atoms with Gasteiger partial charge in [-0.25, -0.2) is 4.98 Å². The maximum absolute atomic E-state index is 5.70. The molecule has 0 radical (unpaired) electrons. The first kappa shape index (κ1) is 18.5. The smallest absolute Gasteiger partial charge is 0.229 e. The van der Waals surface area contributed by atoms with E-state index in [1.165, 1.54) is 0 Å². The van der Waals surface area contributed by atoms with E-state index in [-0.39, 0.29) is 0 Å². The summed E-state index contributed by atoms with van der Waals surface area (Å²) in [7, 11) is 0. The Bertz CT molecular complexity index is 1100. The number of nitrogens with one attached hydrogen (secondary N) is 2. The average Bonchev–Trinajstić information content (AvgIpc) is 3.15. The molecule has 0 saturated heterocycles. The zero-order valence-electron chi connectivity index (χ0n) is 16.2. The van der Waals surface area contributed by atoms with Gasteiger partial charge in [0.25, 0.3) is 0 Å². The number of hydrogen-bond donors (Lipinski definition) is 2. The molecule has 0 aliphatic rings. The van der Waals surface area contributed by atoms with Crippen molar-refractivity contribution in [3.63, 3.8) is 0 Å². The van der Waals surface area contributed by atoms with Gasteiger partial charge in [0.15, 0.2) is 5.82 Å². The predicted molar refractivity (Wildman–Crippen MR) is 113 cm³/mol. The molecule has 7 nitrogen and oxygen atoms in total. The van der Waals surface area contributed by atoms with Gasteiger partial charge in [-0.1, -0.05) is 47.6 Å². The van der Waals surface area contributed by atoms with Crippen molar-refractivity contribution in [2.75, 3.05) is 17.2 Å². The van der Waals surface area contributed by atoms with E-state index in [1.807, 2.05) is 80.6 Å². The molecule has 2 N–H and O–H groups in total. The van der Waals surface area contributed by atoms with Gasteiger partial charge in [0.05, 0.1) is 18.0 Å². The Hall–Kier alpha value is -3.87. The van der Waals surface area contributed by atoms with Crippen LogP contribution >= 0.6 is 0 Å². The summed E-state index contributed by atoms with van der Waals surface area (Å²) in [5, 5.41) is 10.4. The highest BCUT2D eigenvalue weighted by Gasteiger charge is 2.11. The maximum atomic E-state index is 5.70. The highest BCUT2D eigenvalue weighted by atomic mass is 16.5. The van der Waals surface area contributed by atoms with Crippen molar-refractivity contribution >= 4 is 23.3 Å². The summed E-state index contributed by atoms with van der Waals surface area (Å²) < 4.78 is 10.8. The van der Waals surface area contributed by atoms with E-state index in [2.05, 4.69) is 25.8 Å². The number of para-hydroxylation sites is 2. The van der Waals surface area contributed by atoms with Gasteiger partial charge in [-0.3, -0.25) is 0 Å². The zero-order valence-corrected chi connectivity index (χ0v) is 16.2. The van der Waals surface area contributed by atoms with E-state index in [1.54, 1.807) is 0 Å². The molecule has 0 aliphatic carbocycles. The largest absolute Gasteiger partial charge is 0.492 e. The van der Waals surface area contributed by atoms with Crippen molar-refractivity contribution in [2.45, 2.75) is 13.8 Å². The molecule has 0 fully saturated rings. The third-order valence-corrected chi connectivity index (χ3v) is 4.11. The third-order valence-electron chi connectivity index (χ3n) is 4.11. The SMILES string of the molecule is CCOc1ccccc1Nc1nc(Nc2cc(C)on2)cc(-c2ccccc2)n1. The highest BCUT2D eigenvalue weighted by Crippen LogP contribution is 2.29. The number of ether oxygens (including phenoxy) is 1. The lowest BCUT2D eigenvalue weighted by Crippen LogP contribution is -2.04. The van der Waals surface area contributed by atoms with Crippen LogP contribution in [0.5, 0.6) is 5.75 Å². The lowest BCUT2D eigenvalue weighted by molar-refractivity contribution is 0.342. The summed E-state index contributed by atoms with van der Waals surface area (Å²) in [6.45, 7) is 4.36. The van der Waals surface area contributed by atoms with Crippen LogP contribution in [0.2, 0.25) is 0 Å². The molecule has 0 spiro atoms. The monoisotopic (exact) mass is 387 g/mol. The van der Waals surface area contributed by atoms with Crippen LogP contribution in [0.15, 0.2) is 71.3 Å². The quantitative estimate of drug-likeness (QED) is 0.443. The minimum atomic E-state index is 0.446. The van der Waals surface area contributed by atoms with Gasteiger partial charge >= 0.3 is 0 Å². The fraction of sp³-hybridized carbons (Fsp3) is 0.136. The molecule has 29 heavy (non-hydrogen) atoms. The minimum Gasteiger partial charge on any atom is -0.492 e. The van der Waals surface area contributed by atoms with Crippen LogP contribution < -0.4 is 15.4 Å². The number of anilines is 4. The molecule has 0 unspecified atom stereocenters. The summed E-state index contributed by atoms with van der Waals surface area (Å²) in [6.07, 6.45) is 0. The van der Waals surface area contributed by atoms with Crippen molar-refractivity contribution in [3.05, 3.63) is 72.5 Å². The number of hydrogen-bond acceptors (Lipinski definition) is 7. The molecule has 2 aromatic carbocycles. The van der Waals surface area contributed by atoms with Crippen LogP contribution in [0.1, 0.15) is 12.7 Å².